The second-order valence-corrected chi connectivity index (χ2v) is 11.1. The Kier molecular flexibility index (Phi) is 7.69. The number of ether oxygens (including phenoxy) is 4. The van der Waals surface area contributed by atoms with Crippen LogP contribution in [0.15, 0.2) is 36.4 Å². The number of fused-ring (bicyclic) bond motifs is 3. The van der Waals surface area contributed by atoms with Crippen LogP contribution in [0.5, 0.6) is 17.2 Å². The van der Waals surface area contributed by atoms with E-state index < -0.39 is 36.5 Å². The van der Waals surface area contributed by atoms with Crippen LogP contribution in [0.2, 0.25) is 0 Å². The van der Waals surface area contributed by atoms with E-state index in [9.17, 15) is 13.6 Å². The maximum absolute atomic E-state index is 14.9. The first-order valence-corrected chi connectivity index (χ1v) is 13.5. The number of rotatable bonds is 7. The Morgan fingerprint density at radius 1 is 1.07 bits per heavy atom. The van der Waals surface area contributed by atoms with E-state index in [0.717, 1.165) is 10.5 Å². The molecule has 1 fully saturated rings. The first kappa shape index (κ1) is 29.1. The Morgan fingerprint density at radius 2 is 1.83 bits per heavy atom. The number of nitrogens with one attached hydrogen (secondary N) is 1. The van der Waals surface area contributed by atoms with E-state index in [1.807, 2.05) is 18.2 Å². The molecule has 11 nitrogen and oxygen atoms in total. The van der Waals surface area contributed by atoms with Crippen molar-refractivity contribution in [2.24, 2.45) is 0 Å². The minimum absolute atomic E-state index is 0.0120. The summed E-state index contributed by atoms with van der Waals surface area (Å²) in [4.78, 5) is 23.2. The number of amides is 1. The van der Waals surface area contributed by atoms with E-state index in [2.05, 4.69) is 10.4 Å². The molecule has 0 aliphatic carbocycles. The Hall–Kier alpha value is -4.42. The molecule has 0 saturated carbocycles. The van der Waals surface area contributed by atoms with Crippen LogP contribution in [0.25, 0.3) is 16.6 Å². The molecule has 0 unspecified atom stereocenters. The van der Waals surface area contributed by atoms with Crippen LogP contribution < -0.4 is 19.5 Å². The summed E-state index contributed by atoms with van der Waals surface area (Å²) >= 11 is 0. The standard InChI is InChI=1S/C29H34F2N6O5/c1-28(2,3)42-27(38)36-15-18(13-29(30,31)16-36)24-34-25-20-8-7-9-21(40-5)23(20)33-26(37(25)35-24)32-14-17-10-11-19(39-4)12-22(17)41-6/h7-12,18H,13-16H2,1-6H3,(H,32,33)/t18-/m0/s1. The molecule has 42 heavy (non-hydrogen) atoms. The summed E-state index contributed by atoms with van der Waals surface area (Å²) in [5.41, 5.74) is 0.946. The number of carbonyl (C=O) groups excluding carboxylic acids is 1. The summed E-state index contributed by atoms with van der Waals surface area (Å²) in [6.45, 7) is 4.63. The van der Waals surface area contributed by atoms with Gasteiger partial charge in [0, 0.05) is 42.4 Å². The molecule has 224 valence electrons. The molecule has 0 radical (unpaired) electrons. The maximum Gasteiger partial charge on any atom is 0.410 e. The number of hydrogen-bond donors (Lipinski definition) is 1. The van der Waals surface area contributed by atoms with E-state index in [-0.39, 0.29) is 12.4 Å². The lowest BCUT2D eigenvalue weighted by Gasteiger charge is -2.37. The molecule has 1 saturated heterocycles. The number of carbonyl (C=O) groups is 1. The van der Waals surface area contributed by atoms with E-state index in [1.54, 1.807) is 60.3 Å². The third kappa shape index (κ3) is 5.95. The summed E-state index contributed by atoms with van der Waals surface area (Å²) in [6, 6.07) is 10.9. The molecule has 1 N–H and O–H groups in total. The highest BCUT2D eigenvalue weighted by Gasteiger charge is 2.45. The SMILES string of the molecule is COc1ccc(CNc2nc3c(OC)cccc3c3nc([C@@H]4CN(C(=O)OC(C)(C)C)CC(F)(F)C4)nn23)c(OC)c1. The summed E-state index contributed by atoms with van der Waals surface area (Å²) < 4.78 is 53.1. The van der Waals surface area contributed by atoms with Crippen LogP contribution in [0.1, 0.15) is 44.5 Å². The van der Waals surface area contributed by atoms with Crippen LogP contribution in [-0.4, -0.2) is 76.5 Å². The third-order valence-corrected chi connectivity index (χ3v) is 6.86. The van der Waals surface area contributed by atoms with E-state index in [4.69, 9.17) is 28.9 Å². The number of para-hydroxylation sites is 1. The molecular weight excluding hydrogens is 550 g/mol. The van der Waals surface area contributed by atoms with Gasteiger partial charge in [0.25, 0.3) is 5.92 Å². The zero-order valence-corrected chi connectivity index (χ0v) is 24.4. The summed E-state index contributed by atoms with van der Waals surface area (Å²) in [5, 5.41) is 8.55. The Morgan fingerprint density at radius 3 is 2.52 bits per heavy atom. The van der Waals surface area contributed by atoms with Crippen molar-refractivity contribution >= 4 is 28.6 Å². The summed E-state index contributed by atoms with van der Waals surface area (Å²) in [7, 11) is 4.69. The van der Waals surface area contributed by atoms with Crippen LogP contribution in [-0.2, 0) is 11.3 Å². The van der Waals surface area contributed by atoms with E-state index in [1.165, 1.54) is 4.52 Å². The molecule has 1 atom stereocenters. The van der Waals surface area contributed by atoms with Gasteiger partial charge >= 0.3 is 6.09 Å². The van der Waals surface area contributed by atoms with Gasteiger partial charge in [-0.15, -0.1) is 5.10 Å². The average molecular weight is 585 g/mol. The highest BCUT2D eigenvalue weighted by Crippen LogP contribution is 2.37. The quantitative estimate of drug-likeness (QED) is 0.310. The maximum atomic E-state index is 14.9. The number of likely N-dealkylation sites (tertiary alicyclic amines) is 1. The third-order valence-electron chi connectivity index (χ3n) is 6.86. The van der Waals surface area contributed by atoms with Gasteiger partial charge in [0.15, 0.2) is 11.5 Å². The van der Waals surface area contributed by atoms with Gasteiger partial charge in [0.2, 0.25) is 5.95 Å². The number of hydrogen-bond acceptors (Lipinski definition) is 9. The molecule has 5 rings (SSSR count). The molecular formula is C29H34F2N6O5. The van der Waals surface area contributed by atoms with Gasteiger partial charge in [-0.3, -0.25) is 0 Å². The number of alkyl halides is 2. The normalized spacial score (nSPS) is 16.9. The lowest BCUT2D eigenvalue weighted by molar-refractivity contribution is -0.0764. The fraction of sp³-hybridized carbons (Fsp3) is 0.448. The highest BCUT2D eigenvalue weighted by atomic mass is 19.3. The Balaban J connectivity index is 1.55. The minimum Gasteiger partial charge on any atom is -0.497 e. The minimum atomic E-state index is -3.15. The van der Waals surface area contributed by atoms with Crippen LogP contribution in [0.4, 0.5) is 19.5 Å². The van der Waals surface area contributed by atoms with Crippen LogP contribution in [0, 0.1) is 0 Å². The van der Waals surface area contributed by atoms with E-state index >= 15 is 0 Å². The van der Waals surface area contributed by atoms with Crippen molar-refractivity contribution in [1.29, 1.82) is 0 Å². The van der Waals surface area contributed by atoms with Crippen molar-refractivity contribution in [3.05, 3.63) is 47.8 Å². The topological polar surface area (TPSA) is 112 Å². The van der Waals surface area contributed by atoms with E-state index in [0.29, 0.717) is 46.3 Å². The number of anilines is 1. The lowest BCUT2D eigenvalue weighted by atomic mass is 9.95. The van der Waals surface area contributed by atoms with Crippen molar-refractivity contribution in [3.8, 4) is 17.2 Å². The number of piperidine rings is 1. The second-order valence-electron chi connectivity index (χ2n) is 11.1. The van der Waals surface area contributed by atoms with Crippen LogP contribution in [0.3, 0.4) is 0 Å². The molecule has 1 amide bonds. The molecule has 0 spiro atoms. The molecule has 1 aliphatic heterocycles. The molecule has 2 aromatic carbocycles. The summed E-state index contributed by atoms with van der Waals surface area (Å²) in [6.07, 6.45) is -1.31. The van der Waals surface area contributed by atoms with Crippen molar-refractivity contribution in [2.75, 3.05) is 39.7 Å². The van der Waals surface area contributed by atoms with Gasteiger partial charge in [-0.05, 0) is 45.0 Å². The van der Waals surface area contributed by atoms with Gasteiger partial charge in [-0.2, -0.15) is 4.52 Å². The van der Waals surface area contributed by atoms with Gasteiger partial charge in [0.05, 0.1) is 27.9 Å². The number of benzene rings is 2. The van der Waals surface area contributed by atoms with Crippen molar-refractivity contribution in [1.82, 2.24) is 24.5 Å². The van der Waals surface area contributed by atoms with Crippen molar-refractivity contribution in [2.45, 2.75) is 51.2 Å². The predicted molar refractivity (Wildman–Crippen MR) is 152 cm³/mol. The largest absolute Gasteiger partial charge is 0.497 e. The number of methoxy groups -OCH3 is 3. The number of aromatic nitrogens is 4. The highest BCUT2D eigenvalue weighted by molar-refractivity contribution is 5.96. The predicted octanol–water partition coefficient (Wildman–Crippen LogP) is 5.28. The molecule has 13 heteroatoms. The second kappa shape index (κ2) is 11.1. The Labute approximate surface area is 241 Å². The average Bonchev–Trinajstić information content (AvgIpc) is 3.40. The van der Waals surface area contributed by atoms with Crippen LogP contribution >= 0.6 is 0 Å². The smallest absolute Gasteiger partial charge is 0.410 e. The molecule has 1 aliphatic rings. The molecule has 4 aromatic rings. The lowest BCUT2D eigenvalue weighted by Crippen LogP contribution is -2.50. The molecule has 2 aromatic heterocycles. The number of nitrogens with zero attached hydrogens (tertiary/aromatic N) is 5. The van der Waals surface area contributed by atoms with Crippen molar-refractivity contribution in [3.63, 3.8) is 0 Å². The zero-order chi connectivity index (χ0) is 30.2. The molecule has 3 heterocycles. The zero-order valence-electron chi connectivity index (χ0n) is 24.4. The van der Waals surface area contributed by atoms with Gasteiger partial charge in [-0.25, -0.2) is 23.5 Å². The first-order chi connectivity index (χ1) is 19.9. The van der Waals surface area contributed by atoms with Gasteiger partial charge in [-0.1, -0.05) is 6.07 Å². The summed E-state index contributed by atoms with van der Waals surface area (Å²) in [5.74, 6) is -1.71. The number of halogens is 2. The fourth-order valence-corrected chi connectivity index (χ4v) is 4.98. The first-order valence-electron chi connectivity index (χ1n) is 13.5. The fourth-order valence-electron chi connectivity index (χ4n) is 4.98. The monoisotopic (exact) mass is 584 g/mol. The van der Waals surface area contributed by atoms with Gasteiger partial charge in [0.1, 0.15) is 28.4 Å². The Bertz CT molecular complexity index is 1620. The van der Waals surface area contributed by atoms with Gasteiger partial charge < -0.3 is 29.2 Å². The van der Waals surface area contributed by atoms with Crippen molar-refractivity contribution < 1.29 is 32.5 Å². The molecule has 0 bridgehead atoms.